The summed E-state index contributed by atoms with van der Waals surface area (Å²) in [5, 5.41) is 8.86. The Morgan fingerprint density at radius 1 is 1.15 bits per heavy atom. The van der Waals surface area contributed by atoms with Crippen LogP contribution in [0.15, 0.2) is 0 Å². The molecule has 0 saturated heterocycles. The highest BCUT2D eigenvalue weighted by Gasteiger charge is 2.09. The standard InChI is InChI=1S/C11H22ClO/c1-3-4-5-6-7-8-9-11(12)10(2)13/h10-11,13H,2-9H2,1H3. The van der Waals surface area contributed by atoms with Crippen LogP contribution in [0.2, 0.25) is 0 Å². The summed E-state index contributed by atoms with van der Waals surface area (Å²) < 4.78 is 0. The number of hydrogen-bond acceptors (Lipinski definition) is 1. The van der Waals surface area contributed by atoms with E-state index in [4.69, 9.17) is 16.7 Å². The van der Waals surface area contributed by atoms with Gasteiger partial charge in [0.05, 0.1) is 11.5 Å². The molecule has 0 aromatic carbocycles. The zero-order valence-electron chi connectivity index (χ0n) is 8.64. The smallest absolute Gasteiger partial charge is 0.0704 e. The average molecular weight is 206 g/mol. The van der Waals surface area contributed by atoms with E-state index in [1.165, 1.54) is 32.1 Å². The SMILES string of the molecule is [CH2]C(O)C(Cl)CCCCCCCC. The zero-order chi connectivity index (χ0) is 10.1. The second kappa shape index (κ2) is 8.83. The number of hydrogen-bond donors (Lipinski definition) is 1. The fourth-order valence-electron chi connectivity index (χ4n) is 1.31. The second-order valence-corrected chi connectivity index (χ2v) is 4.20. The van der Waals surface area contributed by atoms with E-state index in [-0.39, 0.29) is 5.38 Å². The minimum atomic E-state index is -0.614. The maximum Gasteiger partial charge on any atom is 0.0704 e. The Kier molecular flexibility index (Phi) is 9.00. The number of rotatable bonds is 8. The Morgan fingerprint density at radius 2 is 1.69 bits per heavy atom. The van der Waals surface area contributed by atoms with E-state index in [1.807, 2.05) is 0 Å². The monoisotopic (exact) mass is 205 g/mol. The summed E-state index contributed by atoms with van der Waals surface area (Å²) in [7, 11) is 0. The molecule has 0 amide bonds. The van der Waals surface area contributed by atoms with Crippen LogP contribution < -0.4 is 0 Å². The third-order valence-electron chi connectivity index (χ3n) is 2.25. The summed E-state index contributed by atoms with van der Waals surface area (Å²) in [5.74, 6) is 0. The predicted molar refractivity (Wildman–Crippen MR) is 59.0 cm³/mol. The molecular formula is C11H22ClO. The van der Waals surface area contributed by atoms with E-state index in [0.29, 0.717) is 0 Å². The Labute approximate surface area is 87.5 Å². The van der Waals surface area contributed by atoms with Crippen molar-refractivity contribution in [1.29, 1.82) is 0 Å². The van der Waals surface area contributed by atoms with E-state index in [1.54, 1.807) is 0 Å². The lowest BCUT2D eigenvalue weighted by molar-refractivity contribution is 0.209. The molecule has 1 nitrogen and oxygen atoms in total. The molecule has 2 unspecified atom stereocenters. The lowest BCUT2D eigenvalue weighted by Gasteiger charge is -2.11. The molecule has 0 aromatic heterocycles. The van der Waals surface area contributed by atoms with Crippen LogP contribution in [-0.2, 0) is 0 Å². The van der Waals surface area contributed by atoms with Crippen molar-refractivity contribution in [3.8, 4) is 0 Å². The molecule has 79 valence electrons. The van der Waals surface area contributed by atoms with Gasteiger partial charge in [0.2, 0.25) is 0 Å². The molecular weight excluding hydrogens is 184 g/mol. The fraction of sp³-hybridized carbons (Fsp3) is 0.909. The highest BCUT2D eigenvalue weighted by atomic mass is 35.5. The summed E-state index contributed by atoms with van der Waals surface area (Å²) in [6.07, 6.45) is 7.87. The van der Waals surface area contributed by atoms with Gasteiger partial charge in [0.1, 0.15) is 0 Å². The highest BCUT2D eigenvalue weighted by molar-refractivity contribution is 6.21. The van der Waals surface area contributed by atoms with Crippen LogP contribution in [0.4, 0.5) is 0 Å². The molecule has 0 aliphatic rings. The third-order valence-corrected chi connectivity index (χ3v) is 2.76. The normalized spacial score (nSPS) is 15.7. The van der Waals surface area contributed by atoms with E-state index < -0.39 is 6.10 Å². The molecule has 1 radical (unpaired) electrons. The Bertz CT molecular complexity index is 104. The van der Waals surface area contributed by atoms with E-state index in [9.17, 15) is 0 Å². The van der Waals surface area contributed by atoms with Crippen molar-refractivity contribution < 1.29 is 5.11 Å². The summed E-state index contributed by atoms with van der Waals surface area (Å²) in [6.45, 7) is 5.71. The van der Waals surface area contributed by atoms with Crippen molar-refractivity contribution in [2.45, 2.75) is 63.4 Å². The molecule has 0 rings (SSSR count). The molecule has 0 fully saturated rings. The van der Waals surface area contributed by atoms with Crippen molar-refractivity contribution in [1.82, 2.24) is 0 Å². The summed E-state index contributed by atoms with van der Waals surface area (Å²) in [4.78, 5) is 0. The van der Waals surface area contributed by atoms with Crippen molar-refractivity contribution in [2.24, 2.45) is 0 Å². The van der Waals surface area contributed by atoms with Gasteiger partial charge in [-0.25, -0.2) is 0 Å². The lowest BCUT2D eigenvalue weighted by Crippen LogP contribution is -2.16. The van der Waals surface area contributed by atoms with Gasteiger partial charge in [-0.05, 0) is 13.3 Å². The molecule has 1 N–H and O–H groups in total. The van der Waals surface area contributed by atoms with Crippen LogP contribution in [0.5, 0.6) is 0 Å². The molecule has 0 aliphatic heterocycles. The third kappa shape index (κ3) is 8.58. The first kappa shape index (κ1) is 13.2. The minimum absolute atomic E-state index is 0.161. The number of aliphatic hydroxyl groups excluding tert-OH is 1. The van der Waals surface area contributed by atoms with Crippen molar-refractivity contribution in [3.63, 3.8) is 0 Å². The van der Waals surface area contributed by atoms with Gasteiger partial charge >= 0.3 is 0 Å². The first-order chi connectivity index (χ1) is 6.18. The van der Waals surface area contributed by atoms with E-state index >= 15 is 0 Å². The fourth-order valence-corrected chi connectivity index (χ4v) is 1.47. The first-order valence-electron chi connectivity index (χ1n) is 5.33. The number of halogens is 1. The molecule has 0 heterocycles. The highest BCUT2D eigenvalue weighted by Crippen LogP contribution is 2.13. The van der Waals surface area contributed by atoms with Crippen LogP contribution in [0, 0.1) is 6.92 Å². The largest absolute Gasteiger partial charge is 0.392 e. The summed E-state index contributed by atoms with van der Waals surface area (Å²) in [5.41, 5.74) is 0. The van der Waals surface area contributed by atoms with Crippen molar-refractivity contribution >= 4 is 11.6 Å². The Hall–Kier alpha value is 0.250. The summed E-state index contributed by atoms with van der Waals surface area (Å²) in [6, 6.07) is 0. The Morgan fingerprint density at radius 3 is 2.23 bits per heavy atom. The predicted octanol–water partition coefficient (Wildman–Crippen LogP) is 3.54. The lowest BCUT2D eigenvalue weighted by atomic mass is 10.1. The molecule has 0 spiro atoms. The zero-order valence-corrected chi connectivity index (χ0v) is 9.39. The topological polar surface area (TPSA) is 20.2 Å². The van der Waals surface area contributed by atoms with Gasteiger partial charge in [-0.3, -0.25) is 0 Å². The molecule has 2 atom stereocenters. The van der Waals surface area contributed by atoms with Crippen molar-refractivity contribution in [2.75, 3.05) is 0 Å². The summed E-state index contributed by atoms with van der Waals surface area (Å²) >= 11 is 5.84. The van der Waals surface area contributed by atoms with E-state index in [2.05, 4.69) is 13.8 Å². The van der Waals surface area contributed by atoms with Gasteiger partial charge in [-0.15, -0.1) is 11.6 Å². The molecule has 0 aromatic rings. The Balaban J connectivity index is 3.07. The first-order valence-corrected chi connectivity index (χ1v) is 5.77. The van der Waals surface area contributed by atoms with Crippen LogP contribution in [0.3, 0.4) is 0 Å². The van der Waals surface area contributed by atoms with Gasteiger partial charge in [0.25, 0.3) is 0 Å². The van der Waals surface area contributed by atoms with E-state index in [0.717, 1.165) is 12.8 Å². The number of aliphatic hydroxyl groups is 1. The van der Waals surface area contributed by atoms with Crippen LogP contribution in [0.25, 0.3) is 0 Å². The van der Waals surface area contributed by atoms with Gasteiger partial charge in [0.15, 0.2) is 0 Å². The molecule has 2 heteroatoms. The van der Waals surface area contributed by atoms with Crippen LogP contribution in [-0.4, -0.2) is 16.6 Å². The number of unbranched alkanes of at least 4 members (excludes halogenated alkanes) is 5. The number of alkyl halides is 1. The maximum atomic E-state index is 9.02. The molecule has 0 aliphatic carbocycles. The van der Waals surface area contributed by atoms with Crippen LogP contribution in [0.1, 0.15) is 51.9 Å². The van der Waals surface area contributed by atoms with Gasteiger partial charge in [-0.2, -0.15) is 0 Å². The van der Waals surface area contributed by atoms with Crippen molar-refractivity contribution in [3.05, 3.63) is 6.92 Å². The van der Waals surface area contributed by atoms with Gasteiger partial charge < -0.3 is 5.11 Å². The maximum absolute atomic E-state index is 9.02. The minimum Gasteiger partial charge on any atom is -0.392 e. The van der Waals surface area contributed by atoms with Gasteiger partial charge in [0, 0.05) is 0 Å². The van der Waals surface area contributed by atoms with Gasteiger partial charge in [-0.1, -0.05) is 45.4 Å². The molecule has 0 bridgehead atoms. The quantitative estimate of drug-likeness (QED) is 0.475. The second-order valence-electron chi connectivity index (χ2n) is 3.64. The molecule has 0 saturated carbocycles. The van der Waals surface area contributed by atoms with Crippen LogP contribution >= 0.6 is 11.6 Å². The average Bonchev–Trinajstić information content (AvgIpc) is 2.10. The molecule has 13 heavy (non-hydrogen) atoms.